The molecule has 1 amide bonds. The number of benzene rings is 4. The second-order valence-corrected chi connectivity index (χ2v) is 13.2. The average molecular weight is 700 g/mol. The first-order chi connectivity index (χ1) is 25.4. The van der Waals surface area contributed by atoms with Crippen LogP contribution in [0.15, 0.2) is 122 Å². The van der Waals surface area contributed by atoms with Gasteiger partial charge < -0.3 is 24.8 Å². The number of carbonyl (C=O) groups excluding carboxylic acids is 1. The van der Waals surface area contributed by atoms with E-state index in [1.807, 2.05) is 60.7 Å². The van der Waals surface area contributed by atoms with Crippen LogP contribution < -0.4 is 10.2 Å². The van der Waals surface area contributed by atoms with Crippen LogP contribution in [0.25, 0.3) is 11.1 Å². The van der Waals surface area contributed by atoms with Crippen molar-refractivity contribution in [3.63, 3.8) is 0 Å². The molecule has 0 aliphatic carbocycles. The summed E-state index contributed by atoms with van der Waals surface area (Å²) in [7, 11) is 0. The Morgan fingerprint density at radius 2 is 1.60 bits per heavy atom. The number of carbonyl (C=O) groups is 1. The first-order valence-corrected chi connectivity index (χ1v) is 17.5. The van der Waals surface area contributed by atoms with Crippen LogP contribution in [0.3, 0.4) is 0 Å². The molecule has 11 heteroatoms. The predicted octanol–water partition coefficient (Wildman–Crippen LogP) is 6.45. The molecule has 4 aromatic carbocycles. The fraction of sp³-hybridized carbons (Fsp3) is 0.268. The summed E-state index contributed by atoms with van der Waals surface area (Å²) < 4.78 is 13.3. The van der Waals surface area contributed by atoms with Gasteiger partial charge in [0.2, 0.25) is 0 Å². The highest BCUT2D eigenvalue weighted by Crippen LogP contribution is 2.39. The van der Waals surface area contributed by atoms with Crippen LogP contribution in [0.2, 0.25) is 0 Å². The summed E-state index contributed by atoms with van der Waals surface area (Å²) in [6, 6.07) is 34.5. The van der Waals surface area contributed by atoms with E-state index in [-0.39, 0.29) is 35.3 Å². The van der Waals surface area contributed by atoms with Gasteiger partial charge >= 0.3 is 0 Å². The summed E-state index contributed by atoms with van der Waals surface area (Å²) in [6.45, 7) is 4.46. The molecule has 3 heterocycles. The van der Waals surface area contributed by atoms with Crippen molar-refractivity contribution < 1.29 is 24.3 Å². The molecule has 0 bridgehead atoms. The molecule has 2 fully saturated rings. The Balaban J connectivity index is 1.02. The topological polar surface area (TPSA) is 130 Å². The lowest BCUT2D eigenvalue weighted by Crippen LogP contribution is -2.49. The van der Waals surface area contributed by atoms with Crippen molar-refractivity contribution in [1.82, 2.24) is 15.2 Å². The summed E-state index contributed by atoms with van der Waals surface area (Å²) in [6.07, 6.45) is 3.06. The van der Waals surface area contributed by atoms with Gasteiger partial charge in [0.25, 0.3) is 11.6 Å². The Hall–Kier alpha value is -5.46. The maximum atomic E-state index is 12.5. The van der Waals surface area contributed by atoms with E-state index in [2.05, 4.69) is 44.4 Å². The van der Waals surface area contributed by atoms with Crippen molar-refractivity contribution in [2.24, 2.45) is 0 Å². The van der Waals surface area contributed by atoms with Crippen molar-refractivity contribution in [3.05, 3.63) is 160 Å². The van der Waals surface area contributed by atoms with Crippen LogP contribution in [-0.4, -0.2) is 64.6 Å². The van der Waals surface area contributed by atoms with E-state index in [4.69, 9.17) is 9.47 Å². The zero-order valence-electron chi connectivity index (χ0n) is 28.7. The first-order valence-electron chi connectivity index (χ1n) is 17.5. The van der Waals surface area contributed by atoms with Crippen molar-refractivity contribution in [2.75, 3.05) is 37.6 Å². The molecule has 11 nitrogen and oxygen atoms in total. The second kappa shape index (κ2) is 16.3. The molecule has 266 valence electrons. The highest BCUT2D eigenvalue weighted by molar-refractivity contribution is 5.93. The number of anilines is 1. The number of aromatic nitrogens is 1. The molecule has 2 saturated heterocycles. The maximum absolute atomic E-state index is 12.5. The van der Waals surface area contributed by atoms with Crippen molar-refractivity contribution in [1.29, 1.82) is 0 Å². The van der Waals surface area contributed by atoms with Gasteiger partial charge in [-0.1, -0.05) is 66.7 Å². The number of non-ortho nitro benzene ring substituents is 1. The molecular weight excluding hydrogens is 658 g/mol. The lowest BCUT2D eigenvalue weighted by atomic mass is 9.98. The van der Waals surface area contributed by atoms with Crippen LogP contribution in [0.5, 0.6) is 0 Å². The molecular formula is C41H41N5O6. The highest BCUT2D eigenvalue weighted by Gasteiger charge is 2.34. The van der Waals surface area contributed by atoms with E-state index < -0.39 is 6.29 Å². The van der Waals surface area contributed by atoms with Gasteiger partial charge in [-0.2, -0.15) is 0 Å². The minimum atomic E-state index is -0.564. The summed E-state index contributed by atoms with van der Waals surface area (Å²) in [5, 5.41) is 23.6. The Morgan fingerprint density at radius 1 is 0.846 bits per heavy atom. The Bertz CT molecular complexity index is 1950. The number of ether oxygens (including phenoxy) is 2. The molecule has 2 aliphatic heterocycles. The molecule has 0 spiro atoms. The molecule has 1 aromatic heterocycles. The van der Waals surface area contributed by atoms with Crippen LogP contribution in [0.4, 0.5) is 11.4 Å². The summed E-state index contributed by atoms with van der Waals surface area (Å²) in [5.41, 5.74) is 7.50. The molecule has 0 saturated carbocycles. The van der Waals surface area contributed by atoms with Gasteiger partial charge in [0, 0.05) is 81.5 Å². The van der Waals surface area contributed by atoms with E-state index in [9.17, 15) is 20.0 Å². The molecule has 0 radical (unpaired) electrons. The number of aliphatic hydroxyl groups excluding tert-OH is 1. The zero-order valence-corrected chi connectivity index (χ0v) is 28.7. The minimum absolute atomic E-state index is 0.0126. The molecule has 2 aliphatic rings. The first kappa shape index (κ1) is 35.0. The average Bonchev–Trinajstić information content (AvgIpc) is 3.20. The van der Waals surface area contributed by atoms with Gasteiger partial charge in [-0.05, 0) is 58.1 Å². The number of nitro groups is 1. The smallest absolute Gasteiger partial charge is 0.269 e. The van der Waals surface area contributed by atoms with E-state index >= 15 is 0 Å². The standard InChI is InChI=1S/C41H41N5O6/c47-28-29-6-8-32(9-7-29)39-24-38(27-44-19-21-45(22-20-44)36-14-16-37(17-15-36)46(49)50)51-41(52-39)33-12-10-31(11-13-33)34-4-1-3-30(23-34)25-43-40(48)35-5-2-18-42-26-35/h1-18,23,26,38-39,41,47H,19-22,24-25,27-28H2,(H,43,48)/t38-,39+,41+/m0/s1. The molecule has 2 N–H and O–H groups in total. The van der Waals surface area contributed by atoms with Crippen molar-refractivity contribution in [3.8, 4) is 11.1 Å². The molecule has 3 atom stereocenters. The Kier molecular flexibility index (Phi) is 10.9. The highest BCUT2D eigenvalue weighted by atomic mass is 16.7. The van der Waals surface area contributed by atoms with Gasteiger partial charge in [-0.3, -0.25) is 24.8 Å². The molecule has 5 aromatic rings. The quantitative estimate of drug-likeness (QED) is 0.118. The maximum Gasteiger partial charge on any atom is 0.269 e. The lowest BCUT2D eigenvalue weighted by Gasteiger charge is -2.41. The van der Waals surface area contributed by atoms with E-state index in [0.29, 0.717) is 18.5 Å². The van der Waals surface area contributed by atoms with Crippen LogP contribution in [-0.2, 0) is 22.6 Å². The third-order valence-electron chi connectivity index (χ3n) is 9.69. The van der Waals surface area contributed by atoms with E-state index in [1.54, 1.807) is 36.7 Å². The zero-order chi connectivity index (χ0) is 35.9. The predicted molar refractivity (Wildman–Crippen MR) is 197 cm³/mol. The summed E-state index contributed by atoms with van der Waals surface area (Å²) in [5.74, 6) is -0.166. The number of rotatable bonds is 11. The van der Waals surface area contributed by atoms with Crippen LogP contribution in [0.1, 0.15) is 51.4 Å². The third kappa shape index (κ3) is 8.52. The normalized spacial score (nSPS) is 19.2. The summed E-state index contributed by atoms with van der Waals surface area (Å²) in [4.78, 5) is 31.9. The van der Waals surface area contributed by atoms with Gasteiger partial charge in [0.15, 0.2) is 6.29 Å². The van der Waals surface area contributed by atoms with Gasteiger partial charge in [0.1, 0.15) is 0 Å². The number of nitrogens with one attached hydrogen (secondary N) is 1. The molecule has 7 rings (SSSR count). The van der Waals surface area contributed by atoms with Gasteiger partial charge in [0.05, 0.1) is 29.3 Å². The Morgan fingerprint density at radius 3 is 2.29 bits per heavy atom. The van der Waals surface area contributed by atoms with Gasteiger partial charge in [-0.15, -0.1) is 0 Å². The number of nitro benzene ring substituents is 1. The van der Waals surface area contributed by atoms with E-state index in [0.717, 1.165) is 71.8 Å². The van der Waals surface area contributed by atoms with Gasteiger partial charge in [-0.25, -0.2) is 0 Å². The Labute approximate surface area is 302 Å². The number of hydrogen-bond acceptors (Lipinski definition) is 9. The van der Waals surface area contributed by atoms with Crippen molar-refractivity contribution in [2.45, 2.75) is 38.1 Å². The number of amides is 1. The monoisotopic (exact) mass is 699 g/mol. The van der Waals surface area contributed by atoms with Crippen molar-refractivity contribution >= 4 is 17.3 Å². The largest absolute Gasteiger partial charge is 0.392 e. The number of nitrogens with zero attached hydrogens (tertiary/aromatic N) is 4. The van der Waals surface area contributed by atoms with E-state index in [1.165, 1.54) is 0 Å². The SMILES string of the molecule is O=C(NCc1cccc(-c2ccc([C@@H]3O[C@H](CN4CCN(c5ccc([N+](=O)[O-])cc5)CC4)C[C@H](c4ccc(CO)cc4)O3)cc2)c1)c1cccnc1. The minimum Gasteiger partial charge on any atom is -0.392 e. The number of aliphatic hydroxyl groups is 1. The third-order valence-corrected chi connectivity index (χ3v) is 9.69. The molecule has 52 heavy (non-hydrogen) atoms. The summed E-state index contributed by atoms with van der Waals surface area (Å²) >= 11 is 0. The number of piperazine rings is 1. The molecule has 0 unspecified atom stereocenters. The fourth-order valence-corrected chi connectivity index (χ4v) is 6.77. The lowest BCUT2D eigenvalue weighted by molar-refractivity contribution is -0.384. The van der Waals surface area contributed by atoms with Crippen LogP contribution >= 0.6 is 0 Å². The fourth-order valence-electron chi connectivity index (χ4n) is 6.77. The number of hydrogen-bond donors (Lipinski definition) is 2. The number of pyridine rings is 1. The van der Waals surface area contributed by atoms with Crippen LogP contribution in [0, 0.1) is 10.1 Å². The second-order valence-electron chi connectivity index (χ2n) is 13.2.